The second kappa shape index (κ2) is 5.16. The van der Waals surface area contributed by atoms with E-state index in [2.05, 4.69) is 15.9 Å². The number of benzene rings is 1. The fraction of sp³-hybridized carbons (Fsp3) is 0.538. The van der Waals surface area contributed by atoms with E-state index in [9.17, 15) is 13.5 Å². The van der Waals surface area contributed by atoms with E-state index in [0.717, 1.165) is 5.56 Å². The van der Waals surface area contributed by atoms with Gasteiger partial charge in [0.05, 0.1) is 24.7 Å². The zero-order valence-corrected chi connectivity index (χ0v) is 13.3. The highest BCUT2D eigenvalue weighted by Crippen LogP contribution is 2.32. The molecule has 1 fully saturated rings. The van der Waals surface area contributed by atoms with Crippen LogP contribution in [0.3, 0.4) is 0 Å². The van der Waals surface area contributed by atoms with Crippen LogP contribution in [0.25, 0.3) is 0 Å². The molecule has 1 heterocycles. The number of aliphatic hydroxyl groups excluding tert-OH is 1. The van der Waals surface area contributed by atoms with Gasteiger partial charge in [0.15, 0.2) is 9.84 Å². The molecule has 0 atom stereocenters. The predicted molar refractivity (Wildman–Crippen MR) is 76.0 cm³/mol. The molecular formula is C13H17BrO4S. The molecule has 6 heteroatoms. The monoisotopic (exact) mass is 348 g/mol. The van der Waals surface area contributed by atoms with Gasteiger partial charge < -0.3 is 9.84 Å². The molecule has 1 saturated heterocycles. The highest BCUT2D eigenvalue weighted by Gasteiger charge is 2.35. The first-order valence-corrected chi connectivity index (χ1v) is 8.35. The molecule has 1 aliphatic rings. The summed E-state index contributed by atoms with van der Waals surface area (Å²) in [7, 11) is -3.34. The normalized spacial score (nSPS) is 17.3. The second-order valence-electron chi connectivity index (χ2n) is 5.39. The number of hydrogen-bond donors (Lipinski definition) is 1. The van der Waals surface area contributed by atoms with Crippen LogP contribution in [-0.2, 0) is 20.0 Å². The first kappa shape index (κ1) is 15.0. The van der Waals surface area contributed by atoms with E-state index in [1.807, 2.05) is 13.8 Å². The lowest BCUT2D eigenvalue weighted by Gasteiger charge is -2.27. The van der Waals surface area contributed by atoms with Crippen molar-refractivity contribution in [2.45, 2.75) is 29.4 Å². The topological polar surface area (TPSA) is 63.6 Å². The summed E-state index contributed by atoms with van der Waals surface area (Å²) in [4.78, 5) is 0.290. The number of rotatable bonds is 4. The largest absolute Gasteiger partial charge is 0.395 e. The summed E-state index contributed by atoms with van der Waals surface area (Å²) in [6.45, 7) is 4.34. The Labute approximate surface area is 121 Å². The van der Waals surface area contributed by atoms with Crippen molar-refractivity contribution in [3.05, 3.63) is 28.2 Å². The third kappa shape index (κ3) is 2.72. The van der Waals surface area contributed by atoms with Gasteiger partial charge in [0.2, 0.25) is 0 Å². The Morgan fingerprint density at radius 1 is 1.42 bits per heavy atom. The second-order valence-corrected chi connectivity index (χ2v) is 8.44. The van der Waals surface area contributed by atoms with E-state index in [4.69, 9.17) is 4.74 Å². The first-order chi connectivity index (χ1) is 8.79. The van der Waals surface area contributed by atoms with E-state index in [-0.39, 0.29) is 19.8 Å². The molecule has 2 rings (SSSR count). The van der Waals surface area contributed by atoms with Crippen molar-refractivity contribution < 1.29 is 18.3 Å². The predicted octanol–water partition coefficient (Wildman–Crippen LogP) is 1.89. The number of halogens is 1. The van der Waals surface area contributed by atoms with Crippen molar-refractivity contribution in [3.63, 3.8) is 0 Å². The van der Waals surface area contributed by atoms with Gasteiger partial charge >= 0.3 is 0 Å². The van der Waals surface area contributed by atoms with Crippen molar-refractivity contribution in [2.75, 3.05) is 19.8 Å². The van der Waals surface area contributed by atoms with Gasteiger partial charge in [-0.3, -0.25) is 0 Å². The zero-order chi connectivity index (χ0) is 14.3. The van der Waals surface area contributed by atoms with Crippen molar-refractivity contribution >= 4 is 25.8 Å². The van der Waals surface area contributed by atoms with Gasteiger partial charge in [0.25, 0.3) is 0 Å². The Balaban J connectivity index is 2.40. The maximum absolute atomic E-state index is 12.3. The van der Waals surface area contributed by atoms with Gasteiger partial charge in [-0.1, -0.05) is 19.9 Å². The lowest BCUT2D eigenvalue weighted by molar-refractivity contribution is 0.0416. The van der Waals surface area contributed by atoms with Crippen LogP contribution in [0, 0.1) is 0 Å². The van der Waals surface area contributed by atoms with Gasteiger partial charge in [-0.15, -0.1) is 0 Å². The minimum atomic E-state index is -3.34. The van der Waals surface area contributed by atoms with E-state index >= 15 is 0 Å². The van der Waals surface area contributed by atoms with Gasteiger partial charge in [0.1, 0.15) is 5.25 Å². The molecular weight excluding hydrogens is 332 g/mol. The van der Waals surface area contributed by atoms with Crippen LogP contribution in [-0.4, -0.2) is 38.6 Å². The van der Waals surface area contributed by atoms with Crippen LogP contribution in [0.5, 0.6) is 0 Å². The van der Waals surface area contributed by atoms with Crippen LogP contribution < -0.4 is 0 Å². The van der Waals surface area contributed by atoms with Gasteiger partial charge in [-0.2, -0.15) is 0 Å². The molecule has 1 aliphatic heterocycles. The average molecular weight is 349 g/mol. The molecule has 0 saturated carbocycles. The Kier molecular flexibility index (Phi) is 4.07. The summed E-state index contributed by atoms with van der Waals surface area (Å²) in [5.74, 6) is 0. The summed E-state index contributed by atoms with van der Waals surface area (Å²) >= 11 is 3.32. The maximum atomic E-state index is 12.3. The Hall–Kier alpha value is -0.430. The van der Waals surface area contributed by atoms with Crippen molar-refractivity contribution in [1.29, 1.82) is 0 Å². The van der Waals surface area contributed by atoms with Crippen LogP contribution >= 0.6 is 15.9 Å². The van der Waals surface area contributed by atoms with Crippen LogP contribution in [0.4, 0.5) is 0 Å². The van der Waals surface area contributed by atoms with Gasteiger partial charge in [0, 0.05) is 9.89 Å². The van der Waals surface area contributed by atoms with Crippen LogP contribution in [0.1, 0.15) is 19.4 Å². The smallest absolute Gasteiger partial charge is 0.186 e. The third-order valence-corrected chi connectivity index (χ3v) is 6.50. The minimum absolute atomic E-state index is 0.00199. The molecule has 0 aliphatic carbocycles. The molecule has 0 bridgehead atoms. The third-order valence-electron chi connectivity index (χ3n) is 3.46. The fourth-order valence-electron chi connectivity index (χ4n) is 1.82. The summed E-state index contributed by atoms with van der Waals surface area (Å²) in [6, 6.07) is 5.13. The first-order valence-electron chi connectivity index (χ1n) is 6.01. The SMILES string of the molecule is CC(C)(CO)c1ccc(S(=O)(=O)C2COC2)c(Br)c1. The van der Waals surface area contributed by atoms with Crippen molar-refractivity contribution in [3.8, 4) is 0 Å². The van der Waals surface area contributed by atoms with Crippen molar-refractivity contribution in [1.82, 2.24) is 0 Å². The molecule has 0 radical (unpaired) electrons. The zero-order valence-electron chi connectivity index (χ0n) is 10.9. The quantitative estimate of drug-likeness (QED) is 0.902. The molecule has 0 spiro atoms. The van der Waals surface area contributed by atoms with E-state index in [1.165, 1.54) is 0 Å². The summed E-state index contributed by atoms with van der Waals surface area (Å²) in [5, 5.41) is 8.91. The number of hydrogen-bond acceptors (Lipinski definition) is 4. The highest BCUT2D eigenvalue weighted by molar-refractivity contribution is 9.10. The molecule has 1 aromatic rings. The Bertz CT molecular complexity index is 576. The van der Waals surface area contributed by atoms with E-state index in [1.54, 1.807) is 18.2 Å². The summed E-state index contributed by atoms with van der Waals surface area (Å²) in [6.07, 6.45) is 0. The van der Waals surface area contributed by atoms with Gasteiger partial charge in [-0.25, -0.2) is 8.42 Å². The molecule has 0 aromatic heterocycles. The summed E-state index contributed by atoms with van der Waals surface area (Å²) < 4.78 is 30.1. The highest BCUT2D eigenvalue weighted by atomic mass is 79.9. The van der Waals surface area contributed by atoms with E-state index < -0.39 is 20.5 Å². The minimum Gasteiger partial charge on any atom is -0.395 e. The summed E-state index contributed by atoms with van der Waals surface area (Å²) in [5.41, 5.74) is 0.496. The number of sulfone groups is 1. The standard InChI is InChI=1S/C13H17BrO4S/c1-13(2,8-15)9-3-4-12(11(14)5-9)19(16,17)10-6-18-7-10/h3-5,10,15H,6-8H2,1-2H3. The fourth-order valence-corrected chi connectivity index (χ4v) is 4.37. The maximum Gasteiger partial charge on any atom is 0.186 e. The van der Waals surface area contributed by atoms with Gasteiger partial charge in [-0.05, 0) is 33.6 Å². The number of ether oxygens (including phenoxy) is 1. The average Bonchev–Trinajstić information content (AvgIpc) is 2.25. The molecule has 0 amide bonds. The molecule has 4 nitrogen and oxygen atoms in total. The Morgan fingerprint density at radius 2 is 2.05 bits per heavy atom. The molecule has 106 valence electrons. The lowest BCUT2D eigenvalue weighted by atomic mass is 9.86. The lowest BCUT2D eigenvalue weighted by Crippen LogP contribution is -2.40. The molecule has 0 unspecified atom stereocenters. The number of aliphatic hydroxyl groups is 1. The molecule has 1 N–H and O–H groups in total. The Morgan fingerprint density at radius 3 is 2.47 bits per heavy atom. The molecule has 19 heavy (non-hydrogen) atoms. The van der Waals surface area contributed by atoms with Crippen LogP contribution in [0.15, 0.2) is 27.6 Å². The van der Waals surface area contributed by atoms with Crippen LogP contribution in [0.2, 0.25) is 0 Å². The molecule has 1 aromatic carbocycles. The van der Waals surface area contributed by atoms with Crippen molar-refractivity contribution in [2.24, 2.45) is 0 Å². The van der Waals surface area contributed by atoms with E-state index in [0.29, 0.717) is 9.37 Å².